The molecule has 0 atom stereocenters. The van der Waals surface area contributed by atoms with E-state index in [9.17, 15) is 4.39 Å². The molecular formula is C24H23FN2O2. The molecule has 1 aliphatic rings. The number of halogens is 1. The zero-order valence-corrected chi connectivity index (χ0v) is 16.1. The normalized spacial score (nSPS) is 14.3. The molecule has 4 rings (SSSR count). The molecule has 1 fully saturated rings. The summed E-state index contributed by atoms with van der Waals surface area (Å²) in [6, 6.07) is 22.5. The van der Waals surface area contributed by atoms with Gasteiger partial charge in [-0.2, -0.15) is 0 Å². The van der Waals surface area contributed by atoms with E-state index in [0.717, 1.165) is 37.6 Å². The third kappa shape index (κ3) is 5.21. The van der Waals surface area contributed by atoms with Crippen molar-refractivity contribution in [3.63, 3.8) is 0 Å². The largest absolute Gasteiger partial charge is 0.489 e. The van der Waals surface area contributed by atoms with E-state index in [4.69, 9.17) is 9.47 Å². The van der Waals surface area contributed by atoms with Gasteiger partial charge in [-0.1, -0.05) is 30.3 Å². The Kier molecular flexibility index (Phi) is 6.17. The number of ether oxygens (including phenoxy) is 2. The Bertz CT molecular complexity index is 967. The van der Waals surface area contributed by atoms with Crippen LogP contribution in [0.3, 0.4) is 0 Å². The van der Waals surface area contributed by atoms with Crippen LogP contribution < -0.4 is 9.64 Å². The van der Waals surface area contributed by atoms with Crippen molar-refractivity contribution in [1.82, 2.24) is 0 Å². The first-order chi connectivity index (χ1) is 14.3. The summed E-state index contributed by atoms with van der Waals surface area (Å²) in [4.78, 5) is 6.87. The SMILES string of the molecule is Fc1ccccc1COc1cccc(C=Nc2ccc(N3CCOCC3)cc2)c1. The molecule has 0 spiro atoms. The van der Waals surface area contributed by atoms with Gasteiger partial charge in [-0.25, -0.2) is 4.39 Å². The zero-order valence-electron chi connectivity index (χ0n) is 16.1. The predicted molar refractivity (Wildman–Crippen MR) is 114 cm³/mol. The molecular weight excluding hydrogens is 367 g/mol. The zero-order chi connectivity index (χ0) is 19.9. The van der Waals surface area contributed by atoms with Gasteiger partial charge < -0.3 is 14.4 Å². The maximum absolute atomic E-state index is 13.7. The fraction of sp³-hybridized carbons (Fsp3) is 0.208. The molecule has 3 aromatic rings. The van der Waals surface area contributed by atoms with Crippen LogP contribution >= 0.6 is 0 Å². The maximum Gasteiger partial charge on any atom is 0.129 e. The van der Waals surface area contributed by atoms with E-state index in [0.29, 0.717) is 11.3 Å². The molecule has 0 radical (unpaired) electrons. The first-order valence-electron chi connectivity index (χ1n) is 9.71. The molecule has 1 heterocycles. The molecule has 0 bridgehead atoms. The molecule has 1 saturated heterocycles. The molecule has 0 N–H and O–H groups in total. The lowest BCUT2D eigenvalue weighted by Gasteiger charge is -2.28. The second-order valence-corrected chi connectivity index (χ2v) is 6.83. The van der Waals surface area contributed by atoms with Crippen molar-refractivity contribution in [2.75, 3.05) is 31.2 Å². The number of anilines is 1. The van der Waals surface area contributed by atoms with Crippen molar-refractivity contribution in [3.05, 3.63) is 89.7 Å². The van der Waals surface area contributed by atoms with Crippen molar-refractivity contribution in [3.8, 4) is 5.75 Å². The third-order valence-electron chi connectivity index (χ3n) is 4.80. The van der Waals surface area contributed by atoms with Crippen molar-refractivity contribution in [2.45, 2.75) is 6.61 Å². The van der Waals surface area contributed by atoms with E-state index in [2.05, 4.69) is 22.0 Å². The number of nitrogens with zero attached hydrogens (tertiary/aromatic N) is 2. The minimum atomic E-state index is -0.259. The second kappa shape index (κ2) is 9.34. The Morgan fingerprint density at radius 2 is 1.76 bits per heavy atom. The van der Waals surface area contributed by atoms with E-state index in [1.54, 1.807) is 24.4 Å². The first-order valence-corrected chi connectivity index (χ1v) is 9.71. The summed E-state index contributed by atoms with van der Waals surface area (Å²) in [7, 11) is 0. The van der Waals surface area contributed by atoms with Gasteiger partial charge in [-0.05, 0) is 48.0 Å². The van der Waals surface area contributed by atoms with Crippen LogP contribution in [-0.2, 0) is 11.3 Å². The van der Waals surface area contributed by atoms with E-state index < -0.39 is 0 Å². The van der Waals surface area contributed by atoms with Gasteiger partial charge in [0.15, 0.2) is 0 Å². The van der Waals surface area contributed by atoms with Crippen molar-refractivity contribution in [2.24, 2.45) is 4.99 Å². The fourth-order valence-corrected chi connectivity index (χ4v) is 3.18. The average Bonchev–Trinajstić information content (AvgIpc) is 2.78. The lowest BCUT2D eigenvalue weighted by Crippen LogP contribution is -2.36. The van der Waals surface area contributed by atoms with E-state index in [-0.39, 0.29) is 12.4 Å². The van der Waals surface area contributed by atoms with Crippen LogP contribution in [-0.4, -0.2) is 32.5 Å². The summed E-state index contributed by atoms with van der Waals surface area (Å²) in [5.74, 6) is 0.422. The summed E-state index contributed by atoms with van der Waals surface area (Å²) in [6.45, 7) is 3.57. The van der Waals surface area contributed by atoms with Gasteiger partial charge in [0.05, 0.1) is 18.9 Å². The van der Waals surface area contributed by atoms with Gasteiger partial charge in [0.25, 0.3) is 0 Å². The summed E-state index contributed by atoms with van der Waals surface area (Å²) in [5.41, 5.74) is 3.54. The number of rotatable bonds is 6. The summed E-state index contributed by atoms with van der Waals surface area (Å²) < 4.78 is 24.8. The number of morpholine rings is 1. The molecule has 0 aliphatic carbocycles. The van der Waals surface area contributed by atoms with Crippen LogP contribution in [0.5, 0.6) is 5.75 Å². The Hall–Kier alpha value is -3.18. The summed E-state index contributed by atoms with van der Waals surface area (Å²) in [6.07, 6.45) is 1.81. The monoisotopic (exact) mass is 390 g/mol. The molecule has 29 heavy (non-hydrogen) atoms. The van der Waals surface area contributed by atoms with Crippen LogP contribution in [0.25, 0.3) is 0 Å². The standard InChI is InChI=1S/C24H23FN2O2/c25-24-7-2-1-5-20(24)18-29-23-6-3-4-19(16-23)17-26-21-8-10-22(11-9-21)27-12-14-28-15-13-27/h1-11,16-17H,12-15,18H2. The number of benzene rings is 3. The Balaban J connectivity index is 1.38. The summed E-state index contributed by atoms with van der Waals surface area (Å²) in [5, 5.41) is 0. The van der Waals surface area contributed by atoms with Crippen LogP contribution in [0.4, 0.5) is 15.8 Å². The highest BCUT2D eigenvalue weighted by molar-refractivity contribution is 5.82. The van der Waals surface area contributed by atoms with Crippen LogP contribution in [0.2, 0.25) is 0 Å². The van der Waals surface area contributed by atoms with Crippen molar-refractivity contribution >= 4 is 17.6 Å². The molecule has 0 aromatic heterocycles. The highest BCUT2D eigenvalue weighted by Gasteiger charge is 2.10. The smallest absolute Gasteiger partial charge is 0.129 e. The topological polar surface area (TPSA) is 34.1 Å². The second-order valence-electron chi connectivity index (χ2n) is 6.83. The van der Waals surface area contributed by atoms with Gasteiger partial charge in [-0.15, -0.1) is 0 Å². The number of hydrogen-bond acceptors (Lipinski definition) is 4. The quantitative estimate of drug-likeness (QED) is 0.556. The molecule has 1 aliphatic heterocycles. The molecule has 3 aromatic carbocycles. The minimum Gasteiger partial charge on any atom is -0.489 e. The molecule has 5 heteroatoms. The lowest BCUT2D eigenvalue weighted by molar-refractivity contribution is 0.122. The third-order valence-corrected chi connectivity index (χ3v) is 4.80. The van der Waals surface area contributed by atoms with Crippen LogP contribution in [0.15, 0.2) is 77.8 Å². The Morgan fingerprint density at radius 1 is 0.966 bits per heavy atom. The van der Waals surface area contributed by atoms with Crippen molar-refractivity contribution < 1.29 is 13.9 Å². The maximum atomic E-state index is 13.7. The molecule has 148 valence electrons. The first kappa shape index (κ1) is 19.2. The Labute approximate surface area is 170 Å². The van der Waals surface area contributed by atoms with Gasteiger partial charge in [0.1, 0.15) is 18.2 Å². The van der Waals surface area contributed by atoms with E-state index >= 15 is 0 Å². The minimum absolute atomic E-state index is 0.191. The fourth-order valence-electron chi connectivity index (χ4n) is 3.18. The Morgan fingerprint density at radius 3 is 2.55 bits per heavy atom. The van der Waals surface area contributed by atoms with Crippen LogP contribution in [0, 0.1) is 5.82 Å². The average molecular weight is 390 g/mol. The highest BCUT2D eigenvalue weighted by Crippen LogP contribution is 2.21. The lowest BCUT2D eigenvalue weighted by atomic mass is 10.2. The molecule has 0 amide bonds. The molecule has 4 nitrogen and oxygen atoms in total. The number of aliphatic imine (C=N–C) groups is 1. The molecule has 0 unspecified atom stereocenters. The predicted octanol–water partition coefficient (Wildman–Crippen LogP) is 4.99. The van der Waals surface area contributed by atoms with E-state index in [1.807, 2.05) is 36.4 Å². The summed E-state index contributed by atoms with van der Waals surface area (Å²) >= 11 is 0. The number of hydrogen-bond donors (Lipinski definition) is 0. The van der Waals surface area contributed by atoms with Gasteiger partial charge in [-0.3, -0.25) is 4.99 Å². The highest BCUT2D eigenvalue weighted by atomic mass is 19.1. The van der Waals surface area contributed by atoms with Gasteiger partial charge in [0.2, 0.25) is 0 Å². The van der Waals surface area contributed by atoms with Crippen LogP contribution in [0.1, 0.15) is 11.1 Å². The van der Waals surface area contributed by atoms with Gasteiger partial charge in [0, 0.05) is 30.6 Å². The van der Waals surface area contributed by atoms with Crippen molar-refractivity contribution in [1.29, 1.82) is 0 Å². The van der Waals surface area contributed by atoms with Gasteiger partial charge >= 0.3 is 0 Å². The molecule has 0 saturated carbocycles. The van der Waals surface area contributed by atoms with E-state index in [1.165, 1.54) is 11.8 Å².